The van der Waals surface area contributed by atoms with Gasteiger partial charge in [0.05, 0.1) is 11.0 Å². The standard InChI is InChI=1S/C19H14N2O/c20-13-9-11-14(12-10-13)21-17-7-3-1-5-15(17)19(22)16-6-2-4-8-18(16)21/h1-12H,20H2. The molecule has 1 aromatic heterocycles. The third-order valence-electron chi connectivity index (χ3n) is 3.93. The normalized spacial score (nSPS) is 11.1. The van der Waals surface area contributed by atoms with E-state index in [0.717, 1.165) is 33.2 Å². The summed E-state index contributed by atoms with van der Waals surface area (Å²) in [7, 11) is 0. The van der Waals surface area contributed by atoms with Gasteiger partial charge in [-0.1, -0.05) is 24.3 Å². The monoisotopic (exact) mass is 286 g/mol. The molecular formula is C19H14N2O. The van der Waals surface area contributed by atoms with Gasteiger partial charge >= 0.3 is 0 Å². The first-order valence-electron chi connectivity index (χ1n) is 7.14. The van der Waals surface area contributed by atoms with E-state index in [0.29, 0.717) is 0 Å². The maximum Gasteiger partial charge on any atom is 0.197 e. The summed E-state index contributed by atoms with van der Waals surface area (Å²) in [6, 6.07) is 23.1. The van der Waals surface area contributed by atoms with E-state index in [-0.39, 0.29) is 5.43 Å². The number of fused-ring (bicyclic) bond motifs is 2. The average Bonchev–Trinajstić information content (AvgIpc) is 2.57. The molecule has 0 aliphatic rings. The van der Waals surface area contributed by atoms with Crippen LogP contribution in [0.3, 0.4) is 0 Å². The first kappa shape index (κ1) is 12.7. The van der Waals surface area contributed by atoms with E-state index in [4.69, 9.17) is 5.73 Å². The zero-order valence-corrected chi connectivity index (χ0v) is 11.9. The summed E-state index contributed by atoms with van der Waals surface area (Å²) < 4.78 is 2.10. The van der Waals surface area contributed by atoms with Gasteiger partial charge in [-0.2, -0.15) is 0 Å². The van der Waals surface area contributed by atoms with E-state index < -0.39 is 0 Å². The topological polar surface area (TPSA) is 48.0 Å². The van der Waals surface area contributed by atoms with Crippen LogP contribution in [0.5, 0.6) is 0 Å². The lowest BCUT2D eigenvalue weighted by Gasteiger charge is -2.15. The number of nitrogen functional groups attached to an aromatic ring is 1. The fourth-order valence-corrected chi connectivity index (χ4v) is 2.90. The minimum Gasteiger partial charge on any atom is -0.399 e. The number of anilines is 1. The van der Waals surface area contributed by atoms with Gasteiger partial charge < -0.3 is 10.3 Å². The van der Waals surface area contributed by atoms with Crippen molar-refractivity contribution in [3.63, 3.8) is 0 Å². The van der Waals surface area contributed by atoms with Gasteiger partial charge in [-0.05, 0) is 48.5 Å². The number of pyridine rings is 1. The number of rotatable bonds is 1. The van der Waals surface area contributed by atoms with Crippen LogP contribution in [0.2, 0.25) is 0 Å². The Hall–Kier alpha value is -3.07. The molecule has 0 saturated heterocycles. The SMILES string of the molecule is Nc1ccc(-n2c3ccccc3c(=O)c3ccccc32)cc1. The molecule has 4 rings (SSSR count). The summed E-state index contributed by atoms with van der Waals surface area (Å²) in [6.07, 6.45) is 0. The summed E-state index contributed by atoms with van der Waals surface area (Å²) in [5.41, 5.74) is 9.37. The zero-order chi connectivity index (χ0) is 15.1. The molecule has 0 radical (unpaired) electrons. The quantitative estimate of drug-likeness (QED) is 0.428. The highest BCUT2D eigenvalue weighted by atomic mass is 16.1. The maximum absolute atomic E-state index is 12.7. The largest absolute Gasteiger partial charge is 0.399 e. The molecular weight excluding hydrogens is 272 g/mol. The van der Waals surface area contributed by atoms with E-state index in [9.17, 15) is 4.79 Å². The average molecular weight is 286 g/mol. The minimum atomic E-state index is 0.0675. The van der Waals surface area contributed by atoms with Crippen molar-refractivity contribution in [3.8, 4) is 5.69 Å². The first-order valence-corrected chi connectivity index (χ1v) is 7.14. The van der Waals surface area contributed by atoms with Gasteiger partial charge in [-0.15, -0.1) is 0 Å². The summed E-state index contributed by atoms with van der Waals surface area (Å²) in [6.45, 7) is 0. The fourth-order valence-electron chi connectivity index (χ4n) is 2.90. The smallest absolute Gasteiger partial charge is 0.197 e. The van der Waals surface area contributed by atoms with Crippen LogP contribution in [-0.4, -0.2) is 4.57 Å². The highest BCUT2D eigenvalue weighted by Crippen LogP contribution is 2.24. The van der Waals surface area contributed by atoms with Crippen LogP contribution in [0.1, 0.15) is 0 Å². The Morgan fingerprint density at radius 3 is 1.73 bits per heavy atom. The van der Waals surface area contributed by atoms with Crippen molar-refractivity contribution in [2.45, 2.75) is 0 Å². The molecule has 4 aromatic rings. The second-order valence-corrected chi connectivity index (χ2v) is 5.29. The van der Waals surface area contributed by atoms with E-state index >= 15 is 0 Å². The molecule has 1 heterocycles. The zero-order valence-electron chi connectivity index (χ0n) is 11.9. The number of aromatic nitrogens is 1. The first-order chi connectivity index (χ1) is 10.8. The molecule has 106 valence electrons. The lowest BCUT2D eigenvalue weighted by molar-refractivity contribution is 1.16. The van der Waals surface area contributed by atoms with Crippen LogP contribution in [0.25, 0.3) is 27.5 Å². The van der Waals surface area contributed by atoms with Crippen molar-refractivity contribution >= 4 is 27.5 Å². The van der Waals surface area contributed by atoms with Crippen LogP contribution in [0.15, 0.2) is 77.6 Å². The number of benzene rings is 3. The molecule has 0 unspecified atom stereocenters. The van der Waals surface area contributed by atoms with Gasteiger partial charge in [-0.3, -0.25) is 4.79 Å². The summed E-state index contributed by atoms with van der Waals surface area (Å²) in [5, 5.41) is 1.44. The molecule has 3 nitrogen and oxygen atoms in total. The number of nitrogens with two attached hydrogens (primary N) is 1. The Kier molecular flexibility index (Phi) is 2.73. The van der Waals surface area contributed by atoms with Crippen molar-refractivity contribution in [1.82, 2.24) is 4.57 Å². The molecule has 3 heteroatoms. The third kappa shape index (κ3) is 1.79. The molecule has 0 bridgehead atoms. The van der Waals surface area contributed by atoms with Crippen LogP contribution in [-0.2, 0) is 0 Å². The highest BCUT2D eigenvalue weighted by molar-refractivity contribution is 5.95. The van der Waals surface area contributed by atoms with E-state index in [1.54, 1.807) is 0 Å². The molecule has 0 spiro atoms. The molecule has 0 atom stereocenters. The number of hydrogen-bond donors (Lipinski definition) is 1. The van der Waals surface area contributed by atoms with Crippen molar-refractivity contribution in [1.29, 1.82) is 0 Å². The molecule has 0 fully saturated rings. The third-order valence-corrected chi connectivity index (χ3v) is 3.93. The van der Waals surface area contributed by atoms with Crippen molar-refractivity contribution in [3.05, 3.63) is 83.0 Å². The lowest BCUT2D eigenvalue weighted by atomic mass is 10.1. The van der Waals surface area contributed by atoms with Crippen molar-refractivity contribution in [2.75, 3.05) is 5.73 Å². The molecule has 0 aliphatic heterocycles. The molecule has 3 aromatic carbocycles. The van der Waals surface area contributed by atoms with Crippen LogP contribution >= 0.6 is 0 Å². The van der Waals surface area contributed by atoms with Crippen molar-refractivity contribution < 1.29 is 0 Å². The fraction of sp³-hybridized carbons (Fsp3) is 0. The maximum atomic E-state index is 12.7. The number of para-hydroxylation sites is 2. The molecule has 0 saturated carbocycles. The summed E-state index contributed by atoms with van der Waals surface area (Å²) >= 11 is 0. The van der Waals surface area contributed by atoms with Gasteiger partial charge in [0.15, 0.2) is 5.43 Å². The Morgan fingerprint density at radius 2 is 1.18 bits per heavy atom. The van der Waals surface area contributed by atoms with E-state index in [2.05, 4.69) is 4.57 Å². The summed E-state index contributed by atoms with van der Waals surface area (Å²) in [5.74, 6) is 0. The Morgan fingerprint density at radius 1 is 0.682 bits per heavy atom. The number of hydrogen-bond acceptors (Lipinski definition) is 2. The van der Waals surface area contributed by atoms with E-state index in [1.165, 1.54) is 0 Å². The Bertz CT molecular complexity index is 986. The van der Waals surface area contributed by atoms with Gasteiger partial charge in [0, 0.05) is 22.1 Å². The molecule has 0 aliphatic carbocycles. The highest BCUT2D eigenvalue weighted by Gasteiger charge is 2.11. The Balaban J connectivity index is 2.25. The predicted octanol–water partition coefficient (Wildman–Crippen LogP) is 3.73. The van der Waals surface area contributed by atoms with Gasteiger partial charge in [0.25, 0.3) is 0 Å². The van der Waals surface area contributed by atoms with Crippen molar-refractivity contribution in [2.24, 2.45) is 0 Å². The van der Waals surface area contributed by atoms with Gasteiger partial charge in [-0.25, -0.2) is 0 Å². The molecule has 2 N–H and O–H groups in total. The second kappa shape index (κ2) is 4.74. The second-order valence-electron chi connectivity index (χ2n) is 5.29. The van der Waals surface area contributed by atoms with Gasteiger partial charge in [0.1, 0.15) is 0 Å². The van der Waals surface area contributed by atoms with E-state index in [1.807, 2.05) is 72.8 Å². The lowest BCUT2D eigenvalue weighted by Crippen LogP contribution is -2.10. The predicted molar refractivity (Wildman–Crippen MR) is 91.5 cm³/mol. The van der Waals surface area contributed by atoms with Crippen LogP contribution < -0.4 is 11.2 Å². The van der Waals surface area contributed by atoms with Gasteiger partial charge in [0.2, 0.25) is 0 Å². The Labute approximate surface area is 127 Å². The summed E-state index contributed by atoms with van der Waals surface area (Å²) in [4.78, 5) is 12.7. The van der Waals surface area contributed by atoms with Crippen LogP contribution in [0.4, 0.5) is 5.69 Å². The number of nitrogens with zero attached hydrogens (tertiary/aromatic N) is 1. The molecule has 0 amide bonds. The molecule has 22 heavy (non-hydrogen) atoms. The van der Waals surface area contributed by atoms with Crippen LogP contribution in [0, 0.1) is 0 Å². The minimum absolute atomic E-state index is 0.0675.